The van der Waals surface area contributed by atoms with Gasteiger partial charge in [-0.15, -0.1) is 0 Å². The quantitative estimate of drug-likeness (QED) is 0.731. The summed E-state index contributed by atoms with van der Waals surface area (Å²) in [4.78, 5) is 25.0. The number of hydrogen-bond donors (Lipinski definition) is 1. The first-order chi connectivity index (χ1) is 11.5. The Morgan fingerprint density at radius 2 is 1.92 bits per heavy atom. The Morgan fingerprint density at radius 3 is 2.58 bits per heavy atom. The normalized spacial score (nSPS) is 13.3. The maximum Gasteiger partial charge on any atom is 0.200 e. The molecule has 1 aliphatic carbocycles. The number of carbonyl (C=O) groups is 2. The van der Waals surface area contributed by atoms with Crippen LogP contribution in [0, 0.1) is 0 Å². The molecular formula is C19H13IO4. The number of phenols is 1. The fourth-order valence-corrected chi connectivity index (χ4v) is 3.30. The average molecular weight is 432 g/mol. The minimum Gasteiger partial charge on any atom is -0.504 e. The molecule has 0 aromatic heterocycles. The summed E-state index contributed by atoms with van der Waals surface area (Å²) in [6.07, 6.45) is 2.98. The zero-order chi connectivity index (χ0) is 17.4. The fourth-order valence-electron chi connectivity index (χ4n) is 2.75. The number of benzene rings is 2. The Labute approximate surface area is 152 Å². The first-order valence-corrected chi connectivity index (χ1v) is 8.18. The van der Waals surface area contributed by atoms with E-state index in [4.69, 9.17) is 4.74 Å². The minimum absolute atomic E-state index is 0.00285. The summed E-state index contributed by atoms with van der Waals surface area (Å²) in [5, 5.41) is 9.81. The molecule has 0 radical (unpaired) electrons. The van der Waals surface area contributed by atoms with Crippen LogP contribution in [-0.2, 0) is 0 Å². The van der Waals surface area contributed by atoms with Gasteiger partial charge in [0.2, 0.25) is 5.78 Å². The fraction of sp³-hybridized carbons (Fsp3) is 0.0526. The number of fused-ring (bicyclic) bond motifs is 1. The van der Waals surface area contributed by atoms with E-state index >= 15 is 0 Å². The molecular weight excluding hydrogens is 419 g/mol. The third kappa shape index (κ3) is 2.54. The Bertz CT molecular complexity index is 925. The van der Waals surface area contributed by atoms with E-state index in [1.165, 1.54) is 19.3 Å². The second kappa shape index (κ2) is 6.24. The molecule has 1 aliphatic rings. The highest BCUT2D eigenvalue weighted by Gasteiger charge is 2.28. The van der Waals surface area contributed by atoms with Gasteiger partial charge in [-0.2, -0.15) is 0 Å². The number of phenolic OH excluding ortho intramolecular Hbond substituents is 1. The highest BCUT2D eigenvalue weighted by Crippen LogP contribution is 2.39. The average Bonchev–Trinajstić information content (AvgIpc) is 2.59. The number of ether oxygens (including phenoxy) is 1. The molecule has 0 saturated carbocycles. The smallest absolute Gasteiger partial charge is 0.200 e. The lowest BCUT2D eigenvalue weighted by Gasteiger charge is -2.19. The summed E-state index contributed by atoms with van der Waals surface area (Å²) in [5.74, 6) is -0.101. The van der Waals surface area contributed by atoms with Gasteiger partial charge in [-0.1, -0.05) is 24.8 Å². The van der Waals surface area contributed by atoms with Crippen molar-refractivity contribution in [3.63, 3.8) is 0 Å². The Kier molecular flexibility index (Phi) is 4.28. The van der Waals surface area contributed by atoms with Crippen LogP contribution in [0.1, 0.15) is 26.3 Å². The molecule has 0 aliphatic heterocycles. The lowest BCUT2D eigenvalue weighted by molar-refractivity contribution is 0.0993. The van der Waals surface area contributed by atoms with Gasteiger partial charge in [-0.25, -0.2) is 0 Å². The van der Waals surface area contributed by atoms with Crippen LogP contribution in [0.2, 0.25) is 0 Å². The van der Waals surface area contributed by atoms with Gasteiger partial charge in [-0.3, -0.25) is 9.59 Å². The van der Waals surface area contributed by atoms with Crippen LogP contribution >= 0.6 is 22.6 Å². The summed E-state index contributed by atoms with van der Waals surface area (Å²) in [7, 11) is 1.45. The summed E-state index contributed by atoms with van der Waals surface area (Å²) in [5.41, 5.74) is 2.74. The van der Waals surface area contributed by atoms with E-state index in [0.717, 1.165) is 5.56 Å². The van der Waals surface area contributed by atoms with Crippen LogP contribution in [-0.4, -0.2) is 23.8 Å². The standard InChI is InChI=1S/C19H13IO4/c1-3-10-4-6-12-15(22)9-13(20)19(23)18(12)17(10)11-5-7-14(21)16(8-11)24-2/h3-9,21H,1H2,2H3. The second-order valence-corrected chi connectivity index (χ2v) is 6.39. The van der Waals surface area contributed by atoms with E-state index in [0.29, 0.717) is 31.6 Å². The van der Waals surface area contributed by atoms with Crippen molar-refractivity contribution in [2.75, 3.05) is 7.11 Å². The van der Waals surface area contributed by atoms with Crippen molar-refractivity contribution in [3.8, 4) is 22.6 Å². The van der Waals surface area contributed by atoms with Gasteiger partial charge in [-0.05, 0) is 51.9 Å². The molecule has 2 aromatic carbocycles. The molecule has 2 aromatic rings. The number of ketones is 2. The van der Waals surface area contributed by atoms with Crippen molar-refractivity contribution in [1.29, 1.82) is 0 Å². The van der Waals surface area contributed by atoms with Gasteiger partial charge in [0.25, 0.3) is 0 Å². The maximum atomic E-state index is 12.7. The molecule has 1 N–H and O–H groups in total. The summed E-state index contributed by atoms with van der Waals surface area (Å²) >= 11 is 1.87. The van der Waals surface area contributed by atoms with Gasteiger partial charge in [0.15, 0.2) is 17.3 Å². The summed E-state index contributed by atoms with van der Waals surface area (Å²) in [6.45, 7) is 3.80. The van der Waals surface area contributed by atoms with Crippen molar-refractivity contribution >= 4 is 40.2 Å². The van der Waals surface area contributed by atoms with Crippen LogP contribution in [0.5, 0.6) is 11.5 Å². The third-order valence-electron chi connectivity index (χ3n) is 3.89. The lowest BCUT2D eigenvalue weighted by atomic mass is 9.84. The largest absolute Gasteiger partial charge is 0.504 e. The monoisotopic (exact) mass is 432 g/mol. The number of methoxy groups -OCH3 is 1. The Balaban J connectivity index is 2.37. The topological polar surface area (TPSA) is 63.6 Å². The molecule has 0 atom stereocenters. The predicted octanol–water partition coefficient (Wildman–Crippen LogP) is 4.41. The van der Waals surface area contributed by atoms with Crippen LogP contribution in [0.15, 0.2) is 46.6 Å². The maximum absolute atomic E-state index is 12.7. The molecule has 0 unspecified atom stereocenters. The molecule has 24 heavy (non-hydrogen) atoms. The summed E-state index contributed by atoms with van der Waals surface area (Å²) in [6, 6.07) is 8.23. The van der Waals surface area contributed by atoms with Crippen molar-refractivity contribution < 1.29 is 19.4 Å². The zero-order valence-electron chi connectivity index (χ0n) is 12.8. The van der Waals surface area contributed by atoms with E-state index in [1.807, 2.05) is 22.6 Å². The first kappa shape index (κ1) is 16.4. The van der Waals surface area contributed by atoms with Gasteiger partial charge >= 0.3 is 0 Å². The number of aromatic hydroxyl groups is 1. The van der Waals surface area contributed by atoms with Crippen molar-refractivity contribution in [2.45, 2.75) is 0 Å². The Morgan fingerprint density at radius 1 is 1.17 bits per heavy atom. The molecule has 0 fully saturated rings. The highest BCUT2D eigenvalue weighted by molar-refractivity contribution is 14.1. The van der Waals surface area contributed by atoms with E-state index in [9.17, 15) is 14.7 Å². The second-order valence-electron chi connectivity index (χ2n) is 5.23. The molecule has 0 saturated heterocycles. The molecule has 120 valence electrons. The van der Waals surface area contributed by atoms with Gasteiger partial charge in [0.05, 0.1) is 10.7 Å². The van der Waals surface area contributed by atoms with Gasteiger partial charge in [0, 0.05) is 22.8 Å². The van der Waals surface area contributed by atoms with E-state index in [2.05, 4.69) is 6.58 Å². The number of rotatable bonds is 3. The SMILES string of the molecule is C=Cc1ccc2c(c1-c1ccc(O)c(OC)c1)C(=O)C(I)=CC2=O. The number of allylic oxidation sites excluding steroid dienone is 2. The van der Waals surface area contributed by atoms with E-state index in [-0.39, 0.29) is 17.3 Å². The molecule has 4 nitrogen and oxygen atoms in total. The lowest BCUT2D eigenvalue weighted by Crippen LogP contribution is -2.16. The van der Waals surface area contributed by atoms with Crippen LogP contribution in [0.3, 0.4) is 0 Å². The number of Topliss-reactive ketones (excluding diaryl/α,β-unsaturated/α-hetero) is 1. The predicted molar refractivity (Wildman–Crippen MR) is 101 cm³/mol. The van der Waals surface area contributed by atoms with Gasteiger partial charge in [0.1, 0.15) is 0 Å². The van der Waals surface area contributed by atoms with Crippen molar-refractivity contribution in [3.05, 3.63) is 63.3 Å². The number of carbonyl (C=O) groups excluding carboxylic acids is 2. The van der Waals surface area contributed by atoms with E-state index < -0.39 is 0 Å². The number of hydrogen-bond acceptors (Lipinski definition) is 4. The van der Waals surface area contributed by atoms with Crippen molar-refractivity contribution in [2.24, 2.45) is 0 Å². The van der Waals surface area contributed by atoms with Crippen LogP contribution in [0.4, 0.5) is 0 Å². The highest BCUT2D eigenvalue weighted by atomic mass is 127. The van der Waals surface area contributed by atoms with Crippen LogP contribution in [0.25, 0.3) is 17.2 Å². The zero-order valence-corrected chi connectivity index (χ0v) is 15.0. The minimum atomic E-state index is -0.198. The van der Waals surface area contributed by atoms with Crippen LogP contribution < -0.4 is 4.74 Å². The molecule has 0 bridgehead atoms. The molecule has 0 spiro atoms. The first-order valence-electron chi connectivity index (χ1n) is 7.11. The third-order valence-corrected chi connectivity index (χ3v) is 4.69. The van der Waals surface area contributed by atoms with Crippen molar-refractivity contribution in [1.82, 2.24) is 0 Å². The molecule has 5 heteroatoms. The van der Waals surface area contributed by atoms with E-state index in [1.54, 1.807) is 30.3 Å². The molecule has 3 rings (SSSR count). The molecule has 0 heterocycles. The Hall–Kier alpha value is -2.41. The molecule has 0 amide bonds. The number of halogens is 1. The van der Waals surface area contributed by atoms with Gasteiger partial charge < -0.3 is 9.84 Å². The summed E-state index contributed by atoms with van der Waals surface area (Å²) < 4.78 is 5.53.